The SMILES string of the molecule is C[I-]c1c(F)c(F)c(C(F)(F)F)c(F)c1F. The van der Waals surface area contributed by atoms with Crippen molar-refractivity contribution in [3.8, 4) is 0 Å². The molecule has 0 radical (unpaired) electrons. The van der Waals surface area contributed by atoms with Crippen LogP contribution in [0.5, 0.6) is 0 Å². The molecule has 0 fully saturated rings. The van der Waals surface area contributed by atoms with Crippen molar-refractivity contribution in [2.45, 2.75) is 6.18 Å². The van der Waals surface area contributed by atoms with Crippen LogP contribution in [0, 0.1) is 26.8 Å². The summed E-state index contributed by atoms with van der Waals surface area (Å²) in [6.07, 6.45) is -5.47. The Bertz CT molecular complexity index is 394. The second-order valence-corrected chi connectivity index (χ2v) is 4.79. The second-order valence-electron chi connectivity index (χ2n) is 2.63. The van der Waals surface area contributed by atoms with Gasteiger partial charge >= 0.3 is 95.4 Å². The van der Waals surface area contributed by atoms with Gasteiger partial charge in [0.05, 0.1) is 0 Å². The van der Waals surface area contributed by atoms with Crippen LogP contribution in [-0.2, 0) is 6.18 Å². The molecule has 0 bridgehead atoms. The third kappa shape index (κ3) is 2.11. The average molecular weight is 359 g/mol. The Morgan fingerprint density at radius 1 is 0.812 bits per heavy atom. The molecule has 0 aliphatic rings. The van der Waals surface area contributed by atoms with Gasteiger partial charge in [0.15, 0.2) is 0 Å². The van der Waals surface area contributed by atoms with E-state index in [4.69, 9.17) is 0 Å². The molecular formula is C8H3F7I-. The predicted octanol–water partition coefficient (Wildman–Crippen LogP) is 0.150. The third-order valence-corrected chi connectivity index (χ3v) is 3.71. The maximum absolute atomic E-state index is 13.0. The van der Waals surface area contributed by atoms with E-state index in [0.717, 1.165) is 0 Å². The van der Waals surface area contributed by atoms with Crippen molar-refractivity contribution >= 4 is 0 Å². The van der Waals surface area contributed by atoms with Gasteiger partial charge in [0.1, 0.15) is 0 Å². The van der Waals surface area contributed by atoms with Crippen molar-refractivity contribution in [2.24, 2.45) is 0 Å². The fourth-order valence-electron chi connectivity index (χ4n) is 1.02. The summed E-state index contributed by atoms with van der Waals surface area (Å²) < 4.78 is 87.1. The number of benzene rings is 1. The number of hydrogen-bond donors (Lipinski definition) is 0. The number of alkyl halides is 4. The maximum atomic E-state index is 13.0. The van der Waals surface area contributed by atoms with E-state index >= 15 is 0 Å². The minimum atomic E-state index is -5.47. The summed E-state index contributed by atoms with van der Waals surface area (Å²) in [5.41, 5.74) is -2.52. The van der Waals surface area contributed by atoms with Gasteiger partial charge in [-0.25, -0.2) is 0 Å². The van der Waals surface area contributed by atoms with E-state index in [0.29, 0.717) is 0 Å². The van der Waals surface area contributed by atoms with E-state index in [1.165, 1.54) is 4.93 Å². The van der Waals surface area contributed by atoms with Crippen molar-refractivity contribution in [1.29, 1.82) is 0 Å². The Balaban J connectivity index is 3.67. The summed E-state index contributed by atoms with van der Waals surface area (Å²) >= 11 is -1.41. The molecule has 0 nitrogen and oxygen atoms in total. The molecule has 0 saturated carbocycles. The van der Waals surface area contributed by atoms with E-state index in [9.17, 15) is 30.7 Å². The fourth-order valence-corrected chi connectivity index (χ4v) is 2.44. The van der Waals surface area contributed by atoms with Gasteiger partial charge in [0.2, 0.25) is 0 Å². The van der Waals surface area contributed by atoms with Gasteiger partial charge in [0.25, 0.3) is 0 Å². The normalized spacial score (nSPS) is 12.2. The standard InChI is InChI=1S/C8H3F7I/c1-16-7-5(11)3(9)2(8(13,14)15)4(10)6(7)12/h1H3/q-1. The van der Waals surface area contributed by atoms with Crippen molar-refractivity contribution in [2.75, 3.05) is 4.93 Å². The molecule has 0 aliphatic carbocycles. The van der Waals surface area contributed by atoms with Crippen molar-refractivity contribution < 1.29 is 51.9 Å². The first-order valence-electron chi connectivity index (χ1n) is 3.64. The molecule has 16 heavy (non-hydrogen) atoms. The first-order chi connectivity index (χ1) is 7.21. The van der Waals surface area contributed by atoms with Crippen LogP contribution in [0.2, 0.25) is 0 Å². The summed E-state index contributed by atoms with van der Waals surface area (Å²) in [6, 6.07) is 0. The topological polar surface area (TPSA) is 0 Å². The Hall–Kier alpha value is -0.540. The van der Waals surface area contributed by atoms with Crippen LogP contribution < -0.4 is 21.2 Å². The quantitative estimate of drug-likeness (QED) is 0.220. The van der Waals surface area contributed by atoms with Crippen LogP contribution >= 0.6 is 0 Å². The van der Waals surface area contributed by atoms with Crippen LogP contribution in [-0.4, -0.2) is 4.93 Å². The molecule has 0 spiro atoms. The minimum absolute atomic E-state index is 0.929. The van der Waals surface area contributed by atoms with Gasteiger partial charge in [-0.2, -0.15) is 0 Å². The first kappa shape index (κ1) is 13.5. The molecule has 1 rings (SSSR count). The summed E-state index contributed by atoms with van der Waals surface area (Å²) in [4.78, 5) is 1.27. The predicted molar refractivity (Wildman–Crippen MR) is 35.9 cm³/mol. The first-order valence-corrected chi connectivity index (χ1v) is 6.88. The number of rotatable bonds is 1. The summed E-state index contributed by atoms with van der Waals surface area (Å²) in [7, 11) is 0. The molecular weight excluding hydrogens is 356 g/mol. The zero-order chi connectivity index (χ0) is 12.7. The molecule has 1 aromatic rings. The van der Waals surface area contributed by atoms with Crippen LogP contribution in [0.25, 0.3) is 0 Å². The average Bonchev–Trinajstić information content (AvgIpc) is 2.14. The Labute approximate surface area is 95.7 Å². The third-order valence-electron chi connectivity index (χ3n) is 1.68. The zero-order valence-corrected chi connectivity index (χ0v) is 9.68. The van der Waals surface area contributed by atoms with E-state index in [1.807, 2.05) is 0 Å². The molecule has 8 heteroatoms. The van der Waals surface area contributed by atoms with Crippen LogP contribution in [0.4, 0.5) is 30.7 Å². The summed E-state index contributed by atoms with van der Waals surface area (Å²) in [5.74, 6) is -8.69. The zero-order valence-electron chi connectivity index (χ0n) is 7.52. The molecule has 0 unspecified atom stereocenters. The van der Waals surface area contributed by atoms with Crippen molar-refractivity contribution in [1.82, 2.24) is 0 Å². The van der Waals surface area contributed by atoms with E-state index < -0.39 is 59.8 Å². The van der Waals surface area contributed by atoms with E-state index in [-0.39, 0.29) is 0 Å². The number of halogens is 8. The van der Waals surface area contributed by atoms with Crippen LogP contribution in [0.1, 0.15) is 5.56 Å². The second kappa shape index (κ2) is 4.38. The molecule has 1 aromatic carbocycles. The van der Waals surface area contributed by atoms with Gasteiger partial charge in [-0.15, -0.1) is 0 Å². The van der Waals surface area contributed by atoms with Gasteiger partial charge in [0, 0.05) is 0 Å². The molecule has 0 aliphatic heterocycles. The Morgan fingerprint density at radius 2 is 1.19 bits per heavy atom. The Morgan fingerprint density at radius 3 is 1.44 bits per heavy atom. The molecule has 0 heterocycles. The van der Waals surface area contributed by atoms with Gasteiger partial charge in [-0.05, 0) is 0 Å². The molecule has 0 amide bonds. The molecule has 92 valence electrons. The summed E-state index contributed by atoms with van der Waals surface area (Å²) in [6.45, 7) is 0. The van der Waals surface area contributed by atoms with Crippen LogP contribution in [0.15, 0.2) is 0 Å². The van der Waals surface area contributed by atoms with Gasteiger partial charge in [-0.3, -0.25) is 0 Å². The van der Waals surface area contributed by atoms with Gasteiger partial charge < -0.3 is 0 Å². The molecule has 0 N–H and O–H groups in total. The van der Waals surface area contributed by atoms with Gasteiger partial charge in [-0.1, -0.05) is 0 Å². The van der Waals surface area contributed by atoms with Crippen LogP contribution in [0.3, 0.4) is 0 Å². The molecule has 0 saturated heterocycles. The van der Waals surface area contributed by atoms with E-state index in [2.05, 4.69) is 0 Å². The molecule has 0 atom stereocenters. The number of hydrogen-bond acceptors (Lipinski definition) is 0. The summed E-state index contributed by atoms with van der Waals surface area (Å²) in [5, 5.41) is 0. The molecule has 0 aromatic heterocycles. The van der Waals surface area contributed by atoms with Crippen molar-refractivity contribution in [3.05, 3.63) is 32.4 Å². The monoisotopic (exact) mass is 359 g/mol. The van der Waals surface area contributed by atoms with E-state index in [1.54, 1.807) is 0 Å². The fraction of sp³-hybridized carbons (Fsp3) is 0.250. The Kier molecular flexibility index (Phi) is 3.70. The van der Waals surface area contributed by atoms with Crippen molar-refractivity contribution in [3.63, 3.8) is 0 Å².